The van der Waals surface area contributed by atoms with E-state index in [2.05, 4.69) is 206 Å². The van der Waals surface area contributed by atoms with Gasteiger partial charge >= 0.3 is 0 Å². The normalized spacial score (nSPS) is 13.2. The predicted molar refractivity (Wildman–Crippen MR) is 578 cm³/mol. The van der Waals surface area contributed by atoms with Crippen LogP contribution >= 0.6 is 0 Å². The predicted octanol–water partition coefficient (Wildman–Crippen LogP) is 32.9. The van der Waals surface area contributed by atoms with Crippen LogP contribution in [0.2, 0.25) is 0 Å². The van der Waals surface area contributed by atoms with Crippen molar-refractivity contribution in [3.8, 4) is 0 Å². The van der Waals surface area contributed by atoms with Gasteiger partial charge in [-0.25, -0.2) is 0 Å². The Kier molecular flexibility index (Phi) is 193. The van der Waals surface area contributed by atoms with Gasteiger partial charge in [0.15, 0.2) is 0 Å². The molecule has 2 aliphatic rings. The first-order valence-corrected chi connectivity index (χ1v) is 53.1. The maximum atomic E-state index is 5.69. The van der Waals surface area contributed by atoms with Gasteiger partial charge in [0, 0.05) is 141 Å². The van der Waals surface area contributed by atoms with E-state index in [1.807, 2.05) is 138 Å². The first kappa shape index (κ1) is 169. The molecule has 0 bridgehead atoms. The van der Waals surface area contributed by atoms with Crippen LogP contribution in [-0.4, -0.2) is 244 Å². The Hall–Kier alpha value is -0.760. The van der Waals surface area contributed by atoms with E-state index in [1.165, 1.54) is 109 Å². The fraction of sp³-hybridized carbons (Fsp3) is 1.00. The summed E-state index contributed by atoms with van der Waals surface area (Å²) in [5.41, 5.74) is 0.142. The van der Waals surface area contributed by atoms with Crippen LogP contribution in [0.15, 0.2) is 0 Å². The zero-order chi connectivity index (χ0) is 105. The number of rotatable bonds is 45. The lowest BCUT2D eigenvalue weighted by Gasteiger charge is -2.23. The zero-order valence-corrected chi connectivity index (χ0v) is 99.6. The highest BCUT2D eigenvalue weighted by atomic mass is 16.5. The second-order valence-electron chi connectivity index (χ2n) is 35.8. The summed E-state index contributed by atoms with van der Waals surface area (Å²) in [4.78, 5) is 0. The van der Waals surface area contributed by atoms with Crippen LogP contribution in [0.3, 0.4) is 0 Å². The molecule has 0 N–H and O–H groups in total. The molecule has 2 aliphatic carbocycles. The van der Waals surface area contributed by atoms with Crippen molar-refractivity contribution in [1.82, 2.24) is 0 Å². The lowest BCUT2D eigenvalue weighted by Crippen LogP contribution is -2.20. The molecule has 2 fully saturated rings. The Morgan fingerprint density at radius 3 is 0.662 bits per heavy atom. The molecule has 0 heterocycles. The van der Waals surface area contributed by atoms with E-state index in [4.69, 9.17) is 85.3 Å². The molecule has 2 saturated carbocycles. The second kappa shape index (κ2) is 149. The van der Waals surface area contributed by atoms with Crippen molar-refractivity contribution >= 4 is 0 Å². The van der Waals surface area contributed by atoms with Gasteiger partial charge in [0.1, 0.15) is 0 Å². The maximum Gasteiger partial charge on any atom is 0.0598 e. The highest BCUT2D eigenvalue weighted by molar-refractivity contribution is 4.68. The zero-order valence-electron chi connectivity index (χ0n) is 99.6. The van der Waals surface area contributed by atoms with E-state index >= 15 is 0 Å². The van der Waals surface area contributed by atoms with Crippen molar-refractivity contribution in [3.63, 3.8) is 0 Å². The first-order chi connectivity index (χ1) is 60.8. The second-order valence-corrected chi connectivity index (χ2v) is 35.8. The molecule has 0 aromatic rings. The molecule has 0 radical (unpaired) electrons. The third kappa shape index (κ3) is 260. The summed E-state index contributed by atoms with van der Waals surface area (Å²) in [6, 6.07) is 0. The minimum Gasteiger partial charge on any atom is -0.385 e. The quantitative estimate of drug-likeness (QED) is 0.0526. The van der Waals surface area contributed by atoms with Gasteiger partial charge in [-0.1, -0.05) is 134 Å². The summed E-state index contributed by atoms with van der Waals surface area (Å²) < 4.78 is 97.3. The van der Waals surface area contributed by atoms with Crippen molar-refractivity contribution < 1.29 is 90.0 Å². The Labute approximate surface area is 822 Å². The monoisotopic (exact) mass is 1890 g/mol. The minimum absolute atomic E-state index is 0.0417. The highest BCUT2D eigenvalue weighted by Gasteiger charge is 2.17. The van der Waals surface area contributed by atoms with Gasteiger partial charge in [0.05, 0.1) is 102 Å². The van der Waals surface area contributed by atoms with Crippen LogP contribution in [-0.2, 0) is 90.0 Å². The maximum absolute atomic E-state index is 5.69. The molecule has 0 spiro atoms. The van der Waals surface area contributed by atoms with Crippen molar-refractivity contribution in [2.75, 3.05) is 141 Å². The molecule has 814 valence electrons. The summed E-state index contributed by atoms with van der Waals surface area (Å²) in [5.74, 6) is 0. The van der Waals surface area contributed by atoms with Crippen LogP contribution in [0.25, 0.3) is 0 Å². The molecule has 19 heteroatoms. The molecule has 19 nitrogen and oxygen atoms in total. The van der Waals surface area contributed by atoms with E-state index in [0.29, 0.717) is 85.5 Å². The summed E-state index contributed by atoms with van der Waals surface area (Å²) in [6.07, 6.45) is 35.9. The molecule has 2 rings (SSSR count). The lowest BCUT2D eigenvalue weighted by atomic mass is 9.98. The Morgan fingerprint density at radius 2 is 0.500 bits per heavy atom. The molecule has 0 amide bonds. The molecular weight excluding hydrogens is 1640 g/mol. The van der Waals surface area contributed by atoms with Gasteiger partial charge in [-0.15, -0.1) is 0 Å². The van der Waals surface area contributed by atoms with E-state index < -0.39 is 0 Å². The summed E-state index contributed by atoms with van der Waals surface area (Å²) >= 11 is 0. The van der Waals surface area contributed by atoms with E-state index in [-0.39, 0.29) is 16.8 Å². The van der Waals surface area contributed by atoms with Crippen molar-refractivity contribution in [1.29, 1.82) is 0 Å². The number of ether oxygens (including phenoxy) is 19. The molecule has 0 saturated heterocycles. The average Bonchev–Trinajstić information content (AvgIpc) is 1.88. The summed E-state index contributed by atoms with van der Waals surface area (Å²) in [6.45, 7) is 115. The van der Waals surface area contributed by atoms with Crippen LogP contribution in [0.1, 0.15) is 493 Å². The van der Waals surface area contributed by atoms with Crippen LogP contribution in [0, 0.1) is 0 Å². The van der Waals surface area contributed by atoms with Crippen molar-refractivity contribution in [2.45, 2.75) is 596 Å². The smallest absolute Gasteiger partial charge is 0.0598 e. The molecule has 0 aromatic carbocycles. The standard InChI is InChI=1S/C9H18O.C8H16O.C8H18O.2C7H16O.6C6H14O.5C5H12O.2C4H10O.C3H8O/c1-8(2)10-9-6-4-3-5-7-9;1-7(2)9-8-5-3-4-6-8;1-4-6-8(3)9-7-5-2;1-4-6-7(3)8-5-2;1-4-6-8-7(3)5-2;2*1-5-7-6(2,3)4;1-4-5-6(2)7-3;1-4-5-7-6(2)3;1-4-6(3)7-5-2;1-3-5-6-7-4-2;1-5(2,3)6-4;1-4-5(2)6-3;2*1-4-6-5(2)3;1-3-5-6-4-2;1-4(2)5-3;1-3-5-4-2;1-3-4-2/h8-9H,3-7H2,1-2H3;7-8H,3-6H2,1-2H3;8H,4-7H2,1-3H3;2*7H,4-6H2,1-3H3;2*5H2,1-4H3;3*6H,4-5H2,1-3H3;3-6H2,1-2H3;1-4H3;3*5H,4H2,1-3H3;3-5H2,1-2H3;4H,1-3H3;3-4H2,1-2H3;3H2,1-2H3. The number of methoxy groups -OCH3 is 5. The molecule has 6 unspecified atom stereocenters. The third-order valence-corrected chi connectivity index (χ3v) is 16.5. The molecular formula is C111H256O19. The minimum atomic E-state index is 0.0417. The summed E-state index contributed by atoms with van der Waals surface area (Å²) in [5, 5.41) is 0. The van der Waals surface area contributed by atoms with E-state index in [0.717, 1.165) is 151 Å². The molecule has 0 aromatic heterocycles. The fourth-order valence-electron chi connectivity index (χ4n) is 8.88. The summed E-state index contributed by atoms with van der Waals surface area (Å²) in [7, 11) is 8.57. The molecule has 130 heavy (non-hydrogen) atoms. The van der Waals surface area contributed by atoms with Gasteiger partial charge < -0.3 is 90.0 Å². The molecule has 6 atom stereocenters. The lowest BCUT2D eigenvalue weighted by molar-refractivity contribution is -0.0118. The topological polar surface area (TPSA) is 175 Å². The average molecular weight is 1900 g/mol. The first-order valence-electron chi connectivity index (χ1n) is 53.1. The fourth-order valence-corrected chi connectivity index (χ4v) is 8.88. The van der Waals surface area contributed by atoms with Crippen LogP contribution in [0.4, 0.5) is 0 Å². The van der Waals surface area contributed by atoms with Crippen LogP contribution in [0.5, 0.6) is 0 Å². The van der Waals surface area contributed by atoms with Gasteiger partial charge in [-0.3, -0.25) is 0 Å². The van der Waals surface area contributed by atoms with E-state index in [9.17, 15) is 0 Å². The largest absolute Gasteiger partial charge is 0.385 e. The SMILES string of the molecule is CC(C)OC1CCCC1.CC(C)OC1CCCCC1.CCC(C)OC.CCCC(C)OC.CCCC(C)OCC.CCCCOCC.CCCOC(C)C.CCCOC(C)CC.CCCOC(C)CCC.CCCOCC.CCOC.CCOC(C)(C)C.CCOC(C)(C)C.CCOC(C)C.CCOC(C)C.CCOC(C)CC.CCOCC.COC(C)(C)C.COC(C)C. The van der Waals surface area contributed by atoms with Crippen molar-refractivity contribution in [2.24, 2.45) is 0 Å². The van der Waals surface area contributed by atoms with Gasteiger partial charge in [-0.2, -0.15) is 0 Å². The Balaban J connectivity index is -0.0000000694. The van der Waals surface area contributed by atoms with Gasteiger partial charge in [0.2, 0.25) is 0 Å². The number of hydrogen-bond donors (Lipinski definition) is 0. The number of unbranched alkanes of at least 4 members (excludes halogenated alkanes) is 1. The van der Waals surface area contributed by atoms with Crippen LogP contribution < -0.4 is 0 Å². The Bertz CT molecular complexity index is 1610. The van der Waals surface area contributed by atoms with Gasteiger partial charge in [-0.05, 0) is 359 Å². The highest BCUT2D eigenvalue weighted by Crippen LogP contribution is 2.23. The Morgan fingerprint density at radius 1 is 0.231 bits per heavy atom. The third-order valence-electron chi connectivity index (χ3n) is 16.5. The molecule has 0 aliphatic heterocycles. The number of hydrogen-bond acceptors (Lipinski definition) is 19. The van der Waals surface area contributed by atoms with Crippen molar-refractivity contribution in [3.05, 3.63) is 0 Å². The van der Waals surface area contributed by atoms with E-state index in [1.54, 1.807) is 35.5 Å². The van der Waals surface area contributed by atoms with Gasteiger partial charge in [0.25, 0.3) is 0 Å².